The molecule has 1 fully saturated rings. The number of hydrogen-bond acceptors (Lipinski definition) is 5. The van der Waals surface area contributed by atoms with Gasteiger partial charge in [-0.3, -0.25) is 14.9 Å². The lowest BCUT2D eigenvalue weighted by Crippen LogP contribution is -2.26. The molecule has 0 unspecified atom stereocenters. The number of benzene rings is 1. The van der Waals surface area contributed by atoms with Crippen LogP contribution in [0.3, 0.4) is 0 Å². The number of carbonyl (C=O) groups excluding carboxylic acids is 2. The monoisotopic (exact) mass is 452 g/mol. The van der Waals surface area contributed by atoms with Gasteiger partial charge in [0.1, 0.15) is 9.75 Å². The predicted octanol–water partition coefficient (Wildman–Crippen LogP) is 5.18. The number of anilines is 1. The van der Waals surface area contributed by atoms with Crippen LogP contribution < -0.4 is 5.32 Å². The number of carbonyl (C=O) groups is 2. The fourth-order valence-corrected chi connectivity index (χ4v) is 3.91. The molecule has 138 valence electrons. The van der Waals surface area contributed by atoms with Crippen molar-refractivity contribution in [3.05, 3.63) is 33.6 Å². The molecule has 0 spiro atoms. The summed E-state index contributed by atoms with van der Waals surface area (Å²) in [5, 5.41) is 5.57. The molecule has 1 saturated carbocycles. The largest absolute Gasteiger partial charge is 0.455 e. The van der Waals surface area contributed by atoms with E-state index in [0.717, 1.165) is 5.56 Å². The summed E-state index contributed by atoms with van der Waals surface area (Å²) in [5.41, 5.74) is 0.434. The molecule has 0 radical (unpaired) electrons. The lowest BCUT2D eigenvalue weighted by molar-refractivity contribution is -0.152. The van der Waals surface area contributed by atoms with E-state index in [9.17, 15) is 9.59 Å². The third kappa shape index (κ3) is 3.94. The summed E-state index contributed by atoms with van der Waals surface area (Å²) in [5.74, 6) is -1.11. The number of aromatic nitrogens is 1. The Balaban J connectivity index is 1.56. The smallest absolute Gasteiger partial charge is 0.315 e. The van der Waals surface area contributed by atoms with E-state index in [1.54, 1.807) is 30.5 Å². The number of halogens is 4. The van der Waals surface area contributed by atoms with Gasteiger partial charge in [-0.2, -0.15) is 0 Å². The highest BCUT2D eigenvalue weighted by Gasteiger charge is 2.69. The molecule has 0 saturated heterocycles. The van der Waals surface area contributed by atoms with Crippen molar-refractivity contribution >= 4 is 74.7 Å². The van der Waals surface area contributed by atoms with Crippen LogP contribution in [0, 0.1) is 5.41 Å². The van der Waals surface area contributed by atoms with Crippen molar-refractivity contribution in [2.75, 3.05) is 11.9 Å². The zero-order valence-corrected chi connectivity index (χ0v) is 17.2. The zero-order chi connectivity index (χ0) is 19.1. The third-order valence-electron chi connectivity index (χ3n) is 4.01. The number of esters is 1. The first-order valence-corrected chi connectivity index (χ1v) is 9.77. The molecule has 1 aliphatic rings. The summed E-state index contributed by atoms with van der Waals surface area (Å²) in [6, 6.07) is 5.13. The van der Waals surface area contributed by atoms with Crippen molar-refractivity contribution in [1.29, 1.82) is 0 Å². The van der Waals surface area contributed by atoms with E-state index in [0.29, 0.717) is 27.3 Å². The first-order valence-electron chi connectivity index (χ1n) is 7.38. The number of nitrogens with one attached hydrogen (secondary N) is 1. The number of thiazole rings is 1. The molecular weight excluding hydrogens is 442 g/mol. The van der Waals surface area contributed by atoms with E-state index < -0.39 is 28.2 Å². The summed E-state index contributed by atoms with van der Waals surface area (Å²) in [4.78, 5) is 28.2. The molecule has 10 heteroatoms. The second kappa shape index (κ2) is 7.17. The van der Waals surface area contributed by atoms with Crippen LogP contribution in [0.4, 0.5) is 5.13 Å². The number of alkyl halides is 2. The molecule has 1 aliphatic carbocycles. The van der Waals surface area contributed by atoms with Crippen LogP contribution in [0.5, 0.6) is 0 Å². The Kier molecular flexibility index (Phi) is 5.43. The fourth-order valence-electron chi connectivity index (χ4n) is 2.19. The van der Waals surface area contributed by atoms with Gasteiger partial charge >= 0.3 is 5.97 Å². The maximum Gasteiger partial charge on any atom is 0.315 e. The van der Waals surface area contributed by atoms with Gasteiger partial charge in [-0.05, 0) is 19.1 Å². The second-order valence-electron chi connectivity index (χ2n) is 6.00. The minimum Gasteiger partial charge on any atom is -0.455 e. The Bertz CT molecular complexity index is 886. The van der Waals surface area contributed by atoms with Crippen LogP contribution in [-0.4, -0.2) is 27.8 Å². The highest BCUT2D eigenvalue weighted by molar-refractivity contribution is 7.14. The molecule has 1 atom stereocenters. The number of ether oxygens (including phenoxy) is 1. The van der Waals surface area contributed by atoms with E-state index in [1.807, 2.05) is 0 Å². The standard InChI is InChI=1S/C16H12Cl4N2O3S/c1-15(7-16(15,19)20)13(24)25-5-12(23)22-14-21-11(6-26-14)8-2-3-9(17)10(18)4-8/h2-4,6H,5,7H2,1H3,(H,21,22,23)/t15-/m1/s1. The molecule has 1 aromatic heterocycles. The average Bonchev–Trinajstić information content (AvgIpc) is 2.91. The van der Waals surface area contributed by atoms with E-state index in [2.05, 4.69) is 10.3 Å². The normalized spacial score (nSPS) is 20.5. The van der Waals surface area contributed by atoms with E-state index in [4.69, 9.17) is 51.1 Å². The highest BCUT2D eigenvalue weighted by Crippen LogP contribution is 2.64. The molecule has 1 heterocycles. The molecule has 0 bridgehead atoms. The number of hydrogen-bond donors (Lipinski definition) is 1. The lowest BCUT2D eigenvalue weighted by Gasteiger charge is -2.11. The van der Waals surface area contributed by atoms with Crippen LogP contribution in [0.15, 0.2) is 23.6 Å². The van der Waals surface area contributed by atoms with Crippen LogP contribution in [0.1, 0.15) is 13.3 Å². The Hall–Kier alpha value is -1.05. The fraction of sp³-hybridized carbons (Fsp3) is 0.312. The Morgan fingerprint density at radius 1 is 1.31 bits per heavy atom. The molecule has 1 amide bonds. The molecule has 2 aromatic rings. The second-order valence-corrected chi connectivity index (χ2v) is 9.16. The van der Waals surface area contributed by atoms with Crippen molar-refractivity contribution < 1.29 is 14.3 Å². The zero-order valence-electron chi connectivity index (χ0n) is 13.3. The molecule has 1 N–H and O–H groups in total. The summed E-state index contributed by atoms with van der Waals surface area (Å²) >= 11 is 24.9. The Morgan fingerprint density at radius 3 is 2.62 bits per heavy atom. The number of amides is 1. The summed E-state index contributed by atoms with van der Waals surface area (Å²) in [7, 11) is 0. The van der Waals surface area contributed by atoms with Gasteiger partial charge in [0.2, 0.25) is 0 Å². The van der Waals surface area contributed by atoms with E-state index in [1.165, 1.54) is 11.3 Å². The van der Waals surface area contributed by atoms with Crippen LogP contribution in [-0.2, 0) is 14.3 Å². The van der Waals surface area contributed by atoms with Gasteiger partial charge in [-0.15, -0.1) is 34.5 Å². The van der Waals surface area contributed by atoms with Gasteiger partial charge in [0.15, 0.2) is 11.7 Å². The number of nitrogens with zero attached hydrogens (tertiary/aromatic N) is 1. The highest BCUT2D eigenvalue weighted by atomic mass is 35.5. The molecule has 3 rings (SSSR count). The van der Waals surface area contributed by atoms with E-state index in [-0.39, 0.29) is 0 Å². The van der Waals surface area contributed by atoms with Gasteiger partial charge < -0.3 is 4.74 Å². The molecule has 1 aromatic carbocycles. The molecule has 26 heavy (non-hydrogen) atoms. The minimum absolute atomic E-state index is 0.295. The van der Waals surface area contributed by atoms with Crippen molar-refractivity contribution in [3.63, 3.8) is 0 Å². The van der Waals surface area contributed by atoms with Crippen molar-refractivity contribution in [3.8, 4) is 11.3 Å². The van der Waals surface area contributed by atoms with Crippen LogP contribution in [0.2, 0.25) is 10.0 Å². The SMILES string of the molecule is C[C@]1(C(=O)OCC(=O)Nc2nc(-c3ccc(Cl)c(Cl)c3)cs2)CC1(Cl)Cl. The molecule has 5 nitrogen and oxygen atoms in total. The minimum atomic E-state index is -1.13. The summed E-state index contributed by atoms with van der Waals surface area (Å²) in [6.45, 7) is 1.15. The summed E-state index contributed by atoms with van der Waals surface area (Å²) < 4.78 is 3.85. The van der Waals surface area contributed by atoms with Crippen molar-refractivity contribution in [1.82, 2.24) is 4.98 Å². The quantitative estimate of drug-likeness (QED) is 0.500. The van der Waals surface area contributed by atoms with Gasteiger partial charge in [-0.25, -0.2) is 4.98 Å². The first kappa shape index (κ1) is 19.7. The maximum absolute atomic E-state index is 11.9. The Morgan fingerprint density at radius 2 is 2.00 bits per heavy atom. The first-order chi connectivity index (χ1) is 12.1. The maximum atomic E-state index is 11.9. The van der Waals surface area contributed by atoms with Crippen LogP contribution >= 0.6 is 57.7 Å². The Labute approximate surface area is 173 Å². The van der Waals surface area contributed by atoms with Crippen molar-refractivity contribution in [2.24, 2.45) is 5.41 Å². The van der Waals surface area contributed by atoms with Gasteiger partial charge in [0.25, 0.3) is 5.91 Å². The van der Waals surface area contributed by atoms with Gasteiger partial charge in [0.05, 0.1) is 15.7 Å². The van der Waals surface area contributed by atoms with Crippen molar-refractivity contribution in [2.45, 2.75) is 17.7 Å². The molecule has 0 aliphatic heterocycles. The number of rotatable bonds is 5. The lowest BCUT2D eigenvalue weighted by atomic mass is 10.1. The average molecular weight is 454 g/mol. The third-order valence-corrected chi connectivity index (χ3v) is 6.61. The van der Waals surface area contributed by atoms with E-state index >= 15 is 0 Å². The van der Waals surface area contributed by atoms with Gasteiger partial charge in [-0.1, -0.05) is 29.3 Å². The van der Waals surface area contributed by atoms with Crippen LogP contribution in [0.25, 0.3) is 11.3 Å². The van der Waals surface area contributed by atoms with Gasteiger partial charge in [0, 0.05) is 17.4 Å². The topological polar surface area (TPSA) is 68.3 Å². The summed E-state index contributed by atoms with van der Waals surface area (Å²) in [6.07, 6.45) is 0.295. The molecular formula is C16H12Cl4N2O3S. The predicted molar refractivity (Wildman–Crippen MR) is 104 cm³/mol.